The standard InChI is InChI=1S/C12H14NO2/c14-10-12-3-1-11(2-4-12)9-13-5-7-15-8-6-13/h1,3-4,9H,2,5-8H2. The lowest BCUT2D eigenvalue weighted by Gasteiger charge is -2.26. The number of carbonyl (C=O) groups excluding carboxylic acids is 1. The number of allylic oxidation sites excluding steroid dienone is 5. The number of morpholine rings is 1. The van der Waals surface area contributed by atoms with Crippen LogP contribution < -0.4 is 0 Å². The Morgan fingerprint density at radius 2 is 2.13 bits per heavy atom. The lowest BCUT2D eigenvalue weighted by atomic mass is 10.0. The van der Waals surface area contributed by atoms with Gasteiger partial charge in [0.05, 0.1) is 13.2 Å². The van der Waals surface area contributed by atoms with Crippen molar-refractivity contribution in [3.05, 3.63) is 35.6 Å². The quantitative estimate of drug-likeness (QED) is 0.677. The van der Waals surface area contributed by atoms with E-state index in [4.69, 9.17) is 4.74 Å². The molecule has 2 aliphatic rings. The number of ether oxygens (including phenoxy) is 1. The van der Waals surface area contributed by atoms with Crippen molar-refractivity contribution in [2.45, 2.75) is 6.42 Å². The molecule has 0 bridgehead atoms. The van der Waals surface area contributed by atoms with Gasteiger partial charge in [-0.2, -0.15) is 0 Å². The zero-order chi connectivity index (χ0) is 10.5. The third kappa shape index (κ3) is 2.80. The molecule has 0 unspecified atom stereocenters. The summed E-state index contributed by atoms with van der Waals surface area (Å²) in [6.07, 6.45) is 10.6. The third-order valence-electron chi connectivity index (χ3n) is 2.55. The summed E-state index contributed by atoms with van der Waals surface area (Å²) in [7, 11) is 0. The van der Waals surface area contributed by atoms with Crippen LogP contribution in [0.2, 0.25) is 0 Å². The van der Waals surface area contributed by atoms with Crippen LogP contribution in [0.1, 0.15) is 6.42 Å². The molecule has 1 saturated heterocycles. The SMILES string of the molecule is O=[C]C1=CCC(=CN2CCOCC2)C=C1. The molecule has 0 N–H and O–H groups in total. The van der Waals surface area contributed by atoms with Gasteiger partial charge in [-0.25, -0.2) is 0 Å². The third-order valence-corrected chi connectivity index (χ3v) is 2.55. The molecule has 2 rings (SSSR count). The molecule has 1 radical (unpaired) electrons. The van der Waals surface area contributed by atoms with E-state index in [0.717, 1.165) is 32.7 Å². The smallest absolute Gasteiger partial charge is 0.233 e. The fraction of sp³-hybridized carbons (Fsp3) is 0.417. The number of nitrogens with zero attached hydrogens (tertiary/aromatic N) is 1. The summed E-state index contributed by atoms with van der Waals surface area (Å²) in [5, 5.41) is 0. The van der Waals surface area contributed by atoms with Crippen molar-refractivity contribution in [3.8, 4) is 0 Å². The molecule has 15 heavy (non-hydrogen) atoms. The molecule has 0 aromatic rings. The van der Waals surface area contributed by atoms with Crippen LogP contribution in [0.15, 0.2) is 35.6 Å². The minimum atomic E-state index is 0.647. The Labute approximate surface area is 89.7 Å². The second kappa shape index (κ2) is 4.94. The highest BCUT2D eigenvalue weighted by Gasteiger charge is 2.08. The first-order chi connectivity index (χ1) is 7.38. The van der Waals surface area contributed by atoms with Gasteiger partial charge in [0.2, 0.25) is 6.29 Å². The molecule has 1 fully saturated rings. The average Bonchev–Trinajstić information content (AvgIpc) is 2.31. The van der Waals surface area contributed by atoms with Crippen molar-refractivity contribution in [2.75, 3.05) is 26.3 Å². The van der Waals surface area contributed by atoms with Crippen LogP contribution in [-0.4, -0.2) is 37.5 Å². The van der Waals surface area contributed by atoms with E-state index < -0.39 is 0 Å². The molecule has 3 nitrogen and oxygen atoms in total. The van der Waals surface area contributed by atoms with Gasteiger partial charge in [-0.05, 0) is 12.0 Å². The van der Waals surface area contributed by atoms with Gasteiger partial charge >= 0.3 is 0 Å². The van der Waals surface area contributed by atoms with Gasteiger partial charge in [-0.1, -0.05) is 18.2 Å². The summed E-state index contributed by atoms with van der Waals surface area (Å²) in [5.41, 5.74) is 1.88. The van der Waals surface area contributed by atoms with Gasteiger partial charge in [0, 0.05) is 24.9 Å². The summed E-state index contributed by atoms with van der Waals surface area (Å²) in [4.78, 5) is 12.6. The van der Waals surface area contributed by atoms with E-state index in [9.17, 15) is 4.79 Å². The van der Waals surface area contributed by atoms with Crippen molar-refractivity contribution in [1.29, 1.82) is 0 Å². The van der Waals surface area contributed by atoms with Gasteiger partial charge in [-0.15, -0.1) is 0 Å². The predicted molar refractivity (Wildman–Crippen MR) is 58.0 cm³/mol. The molecular formula is C12H14NO2. The van der Waals surface area contributed by atoms with Crippen LogP contribution in [0.5, 0.6) is 0 Å². The minimum Gasteiger partial charge on any atom is -0.378 e. The van der Waals surface area contributed by atoms with Crippen LogP contribution in [0.4, 0.5) is 0 Å². The highest BCUT2D eigenvalue weighted by molar-refractivity contribution is 5.79. The van der Waals surface area contributed by atoms with Gasteiger partial charge < -0.3 is 9.64 Å². The van der Waals surface area contributed by atoms with E-state index >= 15 is 0 Å². The Morgan fingerprint density at radius 3 is 2.73 bits per heavy atom. The van der Waals surface area contributed by atoms with Crippen LogP contribution in [-0.2, 0) is 9.53 Å². The summed E-state index contributed by atoms with van der Waals surface area (Å²) in [6, 6.07) is 0. The number of hydrogen-bond donors (Lipinski definition) is 0. The maximum absolute atomic E-state index is 10.4. The molecule has 0 aromatic heterocycles. The lowest BCUT2D eigenvalue weighted by molar-refractivity contribution is 0.0591. The van der Waals surface area contributed by atoms with Gasteiger partial charge in [0.25, 0.3) is 0 Å². The number of rotatable bonds is 2. The topological polar surface area (TPSA) is 29.5 Å². The predicted octanol–water partition coefficient (Wildman–Crippen LogP) is 1.20. The Morgan fingerprint density at radius 1 is 1.33 bits per heavy atom. The fourth-order valence-corrected chi connectivity index (χ4v) is 1.67. The van der Waals surface area contributed by atoms with Gasteiger partial charge in [-0.3, -0.25) is 4.79 Å². The van der Waals surface area contributed by atoms with Gasteiger partial charge in [0.15, 0.2) is 0 Å². The maximum atomic E-state index is 10.4. The molecule has 1 aliphatic carbocycles. The summed E-state index contributed by atoms with van der Waals surface area (Å²) in [6.45, 7) is 3.51. The first-order valence-corrected chi connectivity index (χ1v) is 5.17. The molecule has 0 aromatic carbocycles. The lowest BCUT2D eigenvalue weighted by Crippen LogP contribution is -2.32. The van der Waals surface area contributed by atoms with Crippen LogP contribution in [0.3, 0.4) is 0 Å². The Balaban J connectivity index is 1.95. The van der Waals surface area contributed by atoms with E-state index in [1.807, 2.05) is 24.5 Å². The Bertz CT molecular complexity index is 323. The molecule has 0 spiro atoms. The number of hydrogen-bond acceptors (Lipinski definition) is 3. The first-order valence-electron chi connectivity index (χ1n) is 5.17. The highest BCUT2D eigenvalue weighted by atomic mass is 16.5. The molecular weight excluding hydrogens is 190 g/mol. The molecule has 1 heterocycles. The fourth-order valence-electron chi connectivity index (χ4n) is 1.67. The maximum Gasteiger partial charge on any atom is 0.233 e. The second-order valence-electron chi connectivity index (χ2n) is 3.65. The van der Waals surface area contributed by atoms with Crippen molar-refractivity contribution < 1.29 is 9.53 Å². The molecule has 3 heteroatoms. The summed E-state index contributed by atoms with van der Waals surface area (Å²) < 4.78 is 5.27. The zero-order valence-electron chi connectivity index (χ0n) is 8.61. The van der Waals surface area contributed by atoms with Crippen LogP contribution in [0.25, 0.3) is 0 Å². The minimum absolute atomic E-state index is 0.647. The van der Waals surface area contributed by atoms with E-state index in [2.05, 4.69) is 11.1 Å². The highest BCUT2D eigenvalue weighted by Crippen LogP contribution is 2.15. The van der Waals surface area contributed by atoms with E-state index in [0.29, 0.717) is 5.57 Å². The Hall–Kier alpha value is -1.35. The second-order valence-corrected chi connectivity index (χ2v) is 3.65. The normalized spacial score (nSPS) is 24.1. The van der Waals surface area contributed by atoms with Crippen LogP contribution >= 0.6 is 0 Å². The Kier molecular flexibility index (Phi) is 3.35. The molecule has 0 atom stereocenters. The molecule has 0 saturated carbocycles. The van der Waals surface area contributed by atoms with Crippen molar-refractivity contribution in [2.24, 2.45) is 0 Å². The zero-order valence-corrected chi connectivity index (χ0v) is 8.61. The van der Waals surface area contributed by atoms with Crippen molar-refractivity contribution in [3.63, 3.8) is 0 Å². The monoisotopic (exact) mass is 204 g/mol. The van der Waals surface area contributed by atoms with E-state index in [1.165, 1.54) is 5.57 Å². The van der Waals surface area contributed by atoms with Gasteiger partial charge in [0.1, 0.15) is 0 Å². The average molecular weight is 204 g/mol. The van der Waals surface area contributed by atoms with Crippen molar-refractivity contribution in [1.82, 2.24) is 4.90 Å². The molecule has 79 valence electrons. The largest absolute Gasteiger partial charge is 0.378 e. The van der Waals surface area contributed by atoms with Crippen LogP contribution in [0, 0.1) is 0 Å². The van der Waals surface area contributed by atoms with E-state index in [1.54, 1.807) is 0 Å². The van der Waals surface area contributed by atoms with Crippen molar-refractivity contribution >= 4 is 6.29 Å². The van der Waals surface area contributed by atoms with E-state index in [-0.39, 0.29) is 0 Å². The first kappa shape index (κ1) is 10.2. The molecule has 0 amide bonds. The summed E-state index contributed by atoms with van der Waals surface area (Å²) in [5.74, 6) is 0. The molecule has 1 aliphatic heterocycles. The summed E-state index contributed by atoms with van der Waals surface area (Å²) >= 11 is 0.